The van der Waals surface area contributed by atoms with E-state index in [4.69, 9.17) is 5.11 Å². The van der Waals surface area contributed by atoms with Crippen molar-refractivity contribution in [2.45, 2.75) is 19.9 Å². The number of aliphatic hydroxyl groups excluding tert-OH is 1. The molecule has 4 heteroatoms. The van der Waals surface area contributed by atoms with Crippen molar-refractivity contribution in [3.8, 4) is 0 Å². The molecule has 0 aliphatic rings. The largest absolute Gasteiger partial charge is 0.394 e. The van der Waals surface area contributed by atoms with Crippen LogP contribution >= 0.6 is 0 Å². The van der Waals surface area contributed by atoms with Crippen LogP contribution in [0.3, 0.4) is 0 Å². The zero-order valence-electron chi connectivity index (χ0n) is 8.75. The molecule has 0 aliphatic heterocycles. The summed E-state index contributed by atoms with van der Waals surface area (Å²) in [5.74, 6) is -0.649. The lowest BCUT2D eigenvalue weighted by Gasteiger charge is -2.14. The van der Waals surface area contributed by atoms with Crippen molar-refractivity contribution in [1.29, 1.82) is 0 Å². The molecule has 0 bridgehead atoms. The van der Waals surface area contributed by atoms with Gasteiger partial charge in [-0.15, -0.1) is 0 Å². The summed E-state index contributed by atoms with van der Waals surface area (Å²) in [4.78, 5) is 11.2. The molecular formula is C11H14FNO2. The molecule has 2 N–H and O–H groups in total. The molecule has 1 atom stereocenters. The summed E-state index contributed by atoms with van der Waals surface area (Å²) in [7, 11) is 0. The summed E-state index contributed by atoms with van der Waals surface area (Å²) in [5, 5.41) is 11.8. The summed E-state index contributed by atoms with van der Waals surface area (Å²) in [6.07, 6.45) is 0. The van der Waals surface area contributed by atoms with Crippen LogP contribution in [-0.4, -0.2) is 23.5 Å². The third kappa shape index (κ3) is 3.02. The molecule has 3 nitrogen and oxygen atoms in total. The predicted molar refractivity (Wildman–Crippen MR) is 56.6 cm³/mol. The number of carbonyl (C=O) groups excluding carboxylic acids is 1. The van der Waals surface area contributed by atoms with Gasteiger partial charge in [-0.1, -0.05) is 0 Å². The van der Waals surface area contributed by atoms with Gasteiger partial charge in [0, 0.05) is 17.3 Å². The number of halogens is 1. The van der Waals surface area contributed by atoms with E-state index >= 15 is 0 Å². The van der Waals surface area contributed by atoms with Crippen molar-refractivity contribution in [3.63, 3.8) is 0 Å². The number of rotatable bonds is 4. The van der Waals surface area contributed by atoms with Crippen LogP contribution in [0.1, 0.15) is 24.2 Å². The fourth-order valence-corrected chi connectivity index (χ4v) is 1.24. The molecular weight excluding hydrogens is 197 g/mol. The average molecular weight is 211 g/mol. The number of aliphatic hydroxyl groups is 1. The fraction of sp³-hybridized carbons (Fsp3) is 0.364. The summed E-state index contributed by atoms with van der Waals surface area (Å²) >= 11 is 0. The normalized spacial score (nSPS) is 12.3. The van der Waals surface area contributed by atoms with Crippen LogP contribution < -0.4 is 5.32 Å². The van der Waals surface area contributed by atoms with Gasteiger partial charge in [0.25, 0.3) is 0 Å². The van der Waals surface area contributed by atoms with Crippen LogP contribution in [0.4, 0.5) is 10.1 Å². The van der Waals surface area contributed by atoms with Gasteiger partial charge >= 0.3 is 0 Å². The Morgan fingerprint density at radius 1 is 1.60 bits per heavy atom. The highest BCUT2D eigenvalue weighted by Crippen LogP contribution is 2.18. The number of carbonyl (C=O) groups is 1. The number of ketones is 1. The lowest BCUT2D eigenvalue weighted by atomic mass is 10.1. The minimum atomic E-state index is -0.442. The molecule has 0 saturated heterocycles. The Balaban J connectivity index is 3.01. The Bertz CT molecular complexity index is 366. The van der Waals surface area contributed by atoms with Crippen molar-refractivity contribution in [2.75, 3.05) is 11.9 Å². The van der Waals surface area contributed by atoms with Crippen molar-refractivity contribution >= 4 is 11.5 Å². The SMILES string of the molecule is CC(=O)c1cc(F)ccc1NC(C)CO. The van der Waals surface area contributed by atoms with E-state index in [0.717, 1.165) is 0 Å². The van der Waals surface area contributed by atoms with Crippen molar-refractivity contribution in [1.82, 2.24) is 0 Å². The van der Waals surface area contributed by atoms with E-state index in [1.54, 1.807) is 6.92 Å². The zero-order chi connectivity index (χ0) is 11.4. The van der Waals surface area contributed by atoms with Crippen molar-refractivity contribution in [2.24, 2.45) is 0 Å². The Morgan fingerprint density at radius 2 is 2.27 bits per heavy atom. The molecule has 0 fully saturated rings. The van der Waals surface area contributed by atoms with Crippen LogP contribution in [0.2, 0.25) is 0 Å². The van der Waals surface area contributed by atoms with E-state index in [0.29, 0.717) is 11.3 Å². The first-order valence-electron chi connectivity index (χ1n) is 4.72. The molecule has 0 aromatic heterocycles. The summed E-state index contributed by atoms with van der Waals surface area (Å²) in [5.41, 5.74) is 0.848. The molecule has 0 heterocycles. The number of nitrogens with one attached hydrogen (secondary N) is 1. The minimum absolute atomic E-state index is 0.0469. The van der Waals surface area contributed by atoms with Crippen LogP contribution in [0.25, 0.3) is 0 Å². The standard InChI is InChI=1S/C11H14FNO2/c1-7(6-14)13-11-4-3-9(12)5-10(11)8(2)15/h3-5,7,13-14H,6H2,1-2H3. The maximum absolute atomic E-state index is 12.9. The minimum Gasteiger partial charge on any atom is -0.394 e. The third-order valence-corrected chi connectivity index (χ3v) is 2.04. The monoisotopic (exact) mass is 211 g/mol. The molecule has 0 radical (unpaired) electrons. The molecule has 0 spiro atoms. The van der Waals surface area contributed by atoms with Gasteiger partial charge in [0.05, 0.1) is 6.61 Å². The Morgan fingerprint density at radius 3 is 2.80 bits per heavy atom. The van der Waals surface area contributed by atoms with Gasteiger partial charge in [-0.3, -0.25) is 4.79 Å². The molecule has 0 saturated carbocycles. The third-order valence-electron chi connectivity index (χ3n) is 2.04. The van der Waals surface area contributed by atoms with Gasteiger partial charge in [-0.25, -0.2) is 4.39 Å². The first-order valence-corrected chi connectivity index (χ1v) is 4.72. The van der Waals surface area contributed by atoms with Gasteiger partial charge in [-0.2, -0.15) is 0 Å². The lowest BCUT2D eigenvalue weighted by molar-refractivity contribution is 0.101. The van der Waals surface area contributed by atoms with Gasteiger partial charge in [-0.05, 0) is 32.0 Å². The average Bonchev–Trinajstić information content (AvgIpc) is 2.20. The topological polar surface area (TPSA) is 49.3 Å². The second-order valence-electron chi connectivity index (χ2n) is 3.47. The van der Waals surface area contributed by atoms with Gasteiger partial charge in [0.1, 0.15) is 5.82 Å². The Kier molecular flexibility index (Phi) is 3.80. The maximum Gasteiger partial charge on any atom is 0.161 e. The summed E-state index contributed by atoms with van der Waals surface area (Å²) in [6, 6.07) is 3.79. The van der Waals surface area contributed by atoms with Gasteiger partial charge < -0.3 is 10.4 Å². The van der Waals surface area contributed by atoms with Crippen molar-refractivity contribution in [3.05, 3.63) is 29.6 Å². The number of hydrogen-bond donors (Lipinski definition) is 2. The highest BCUT2D eigenvalue weighted by atomic mass is 19.1. The molecule has 1 rings (SSSR count). The first kappa shape index (κ1) is 11.7. The lowest BCUT2D eigenvalue weighted by Crippen LogP contribution is -2.20. The summed E-state index contributed by atoms with van der Waals surface area (Å²) in [6.45, 7) is 3.10. The van der Waals surface area contributed by atoms with Crippen LogP contribution in [0.5, 0.6) is 0 Å². The fourth-order valence-electron chi connectivity index (χ4n) is 1.24. The van der Waals surface area contributed by atoms with Crippen molar-refractivity contribution < 1.29 is 14.3 Å². The Hall–Kier alpha value is -1.42. The molecule has 1 aromatic carbocycles. The maximum atomic E-state index is 12.9. The highest BCUT2D eigenvalue weighted by Gasteiger charge is 2.10. The number of anilines is 1. The van der Waals surface area contributed by atoms with E-state index in [-0.39, 0.29) is 18.4 Å². The van der Waals surface area contributed by atoms with Crippen LogP contribution in [0.15, 0.2) is 18.2 Å². The first-order chi connectivity index (χ1) is 7.04. The van der Waals surface area contributed by atoms with Crippen LogP contribution in [0, 0.1) is 5.82 Å². The van der Waals surface area contributed by atoms with E-state index in [1.807, 2.05) is 0 Å². The summed E-state index contributed by atoms with van der Waals surface area (Å²) < 4.78 is 12.9. The number of Topliss-reactive ketones (excluding diaryl/α,β-unsaturated/α-hetero) is 1. The molecule has 1 aromatic rings. The zero-order valence-corrected chi connectivity index (χ0v) is 8.75. The van der Waals surface area contributed by atoms with E-state index < -0.39 is 5.82 Å². The molecule has 0 aliphatic carbocycles. The van der Waals surface area contributed by atoms with E-state index in [1.165, 1.54) is 25.1 Å². The smallest absolute Gasteiger partial charge is 0.161 e. The highest BCUT2D eigenvalue weighted by molar-refractivity contribution is 5.99. The Labute approximate surface area is 87.9 Å². The van der Waals surface area contributed by atoms with Gasteiger partial charge in [0.15, 0.2) is 5.78 Å². The molecule has 1 unspecified atom stereocenters. The molecule has 0 amide bonds. The quantitative estimate of drug-likeness (QED) is 0.747. The second kappa shape index (κ2) is 4.89. The molecule has 15 heavy (non-hydrogen) atoms. The number of benzene rings is 1. The predicted octanol–water partition coefficient (Wildman–Crippen LogP) is 1.82. The van der Waals surface area contributed by atoms with Crippen LogP contribution in [-0.2, 0) is 0 Å². The number of hydrogen-bond acceptors (Lipinski definition) is 3. The van der Waals surface area contributed by atoms with Gasteiger partial charge in [0.2, 0.25) is 0 Å². The van der Waals surface area contributed by atoms with E-state index in [9.17, 15) is 9.18 Å². The van der Waals surface area contributed by atoms with E-state index in [2.05, 4.69) is 5.32 Å². The molecule has 82 valence electrons. The second-order valence-corrected chi connectivity index (χ2v) is 3.47.